The summed E-state index contributed by atoms with van der Waals surface area (Å²) in [6, 6.07) is 7.10. The number of thioether (sulfide) groups is 1. The highest BCUT2D eigenvalue weighted by atomic mass is 79.9. The van der Waals surface area contributed by atoms with Crippen molar-refractivity contribution in [1.29, 1.82) is 0 Å². The lowest BCUT2D eigenvalue weighted by atomic mass is 10.2. The number of aryl methyl sites for hydroxylation is 1. The van der Waals surface area contributed by atoms with Crippen LogP contribution >= 0.6 is 27.7 Å². The first-order valence-corrected chi connectivity index (χ1v) is 10.7. The molecule has 2 heterocycles. The number of hydrogen-bond acceptors (Lipinski definition) is 6. The zero-order chi connectivity index (χ0) is 20.3. The molecule has 28 heavy (non-hydrogen) atoms. The van der Waals surface area contributed by atoms with Gasteiger partial charge in [-0.3, -0.25) is 14.2 Å². The minimum Gasteiger partial charge on any atom is -0.360 e. The molecule has 9 heteroatoms. The Kier molecular flexibility index (Phi) is 6.56. The molecule has 1 N–H and O–H groups in total. The van der Waals surface area contributed by atoms with Gasteiger partial charge in [0.1, 0.15) is 5.76 Å². The van der Waals surface area contributed by atoms with Crippen molar-refractivity contribution in [2.45, 2.75) is 50.6 Å². The maximum atomic E-state index is 13.0. The van der Waals surface area contributed by atoms with Crippen LogP contribution in [0.2, 0.25) is 0 Å². The third-order valence-corrected chi connectivity index (χ3v) is 5.97. The van der Waals surface area contributed by atoms with Crippen LogP contribution in [-0.2, 0) is 11.3 Å². The number of amides is 1. The van der Waals surface area contributed by atoms with Gasteiger partial charge in [-0.2, -0.15) is 0 Å². The number of nitrogens with zero attached hydrogens (tertiary/aromatic N) is 3. The monoisotopic (exact) mass is 464 g/mol. The molecule has 1 aromatic carbocycles. The van der Waals surface area contributed by atoms with Gasteiger partial charge in [-0.1, -0.05) is 46.7 Å². The molecule has 3 rings (SSSR count). The van der Waals surface area contributed by atoms with Crippen molar-refractivity contribution in [3.63, 3.8) is 0 Å². The van der Waals surface area contributed by atoms with Gasteiger partial charge in [0.05, 0.1) is 16.2 Å². The highest BCUT2D eigenvalue weighted by Crippen LogP contribution is 2.27. The van der Waals surface area contributed by atoms with Crippen LogP contribution in [0.4, 0.5) is 5.82 Å². The number of fused-ring (bicyclic) bond motifs is 1. The molecule has 1 unspecified atom stereocenters. The molecular formula is C19H21BrN4O3S. The summed E-state index contributed by atoms with van der Waals surface area (Å²) in [5.41, 5.74) is 0.517. The lowest BCUT2D eigenvalue weighted by Gasteiger charge is -2.17. The molecule has 0 aliphatic rings. The molecule has 7 nitrogen and oxygen atoms in total. The quantitative estimate of drug-likeness (QED) is 0.412. The molecule has 3 aromatic rings. The average molecular weight is 465 g/mol. The molecule has 0 saturated heterocycles. The number of carbonyl (C=O) groups excluding carboxylic acids is 1. The number of halogens is 1. The number of hydrogen-bond donors (Lipinski definition) is 1. The van der Waals surface area contributed by atoms with Crippen molar-refractivity contribution in [2.24, 2.45) is 0 Å². The molecule has 1 amide bonds. The van der Waals surface area contributed by atoms with Gasteiger partial charge in [0.25, 0.3) is 5.56 Å². The van der Waals surface area contributed by atoms with E-state index in [1.54, 1.807) is 29.7 Å². The van der Waals surface area contributed by atoms with Crippen LogP contribution in [-0.4, -0.2) is 25.9 Å². The predicted molar refractivity (Wildman–Crippen MR) is 114 cm³/mol. The summed E-state index contributed by atoms with van der Waals surface area (Å²) in [5, 5.41) is 7.24. The minimum atomic E-state index is -0.417. The molecular weight excluding hydrogens is 444 g/mol. The van der Waals surface area contributed by atoms with Gasteiger partial charge in [-0.15, -0.1) is 0 Å². The molecule has 0 saturated carbocycles. The van der Waals surface area contributed by atoms with Crippen molar-refractivity contribution in [2.75, 3.05) is 5.32 Å². The first-order valence-electron chi connectivity index (χ1n) is 9.03. The fourth-order valence-electron chi connectivity index (χ4n) is 2.77. The SMILES string of the molecule is CCCn1c(SC(CC)C(=O)Nc2cc(C)on2)nc2ccc(Br)cc2c1=O. The Morgan fingerprint density at radius 3 is 2.79 bits per heavy atom. The third-order valence-electron chi connectivity index (χ3n) is 4.12. The van der Waals surface area contributed by atoms with E-state index in [9.17, 15) is 9.59 Å². The molecule has 1 atom stereocenters. The normalized spacial score (nSPS) is 12.3. The number of nitrogens with one attached hydrogen (secondary N) is 1. The highest BCUT2D eigenvalue weighted by molar-refractivity contribution is 9.10. The first-order chi connectivity index (χ1) is 13.4. The summed E-state index contributed by atoms with van der Waals surface area (Å²) in [5.74, 6) is 0.799. The Hall–Kier alpha value is -2.13. The number of rotatable bonds is 7. The molecule has 148 valence electrons. The Bertz CT molecular complexity index is 1060. The summed E-state index contributed by atoms with van der Waals surface area (Å²) < 4.78 is 7.47. The highest BCUT2D eigenvalue weighted by Gasteiger charge is 2.23. The fraction of sp³-hybridized carbons (Fsp3) is 0.368. The second kappa shape index (κ2) is 8.91. The van der Waals surface area contributed by atoms with Gasteiger partial charge in [0.2, 0.25) is 5.91 Å². The van der Waals surface area contributed by atoms with E-state index in [0.717, 1.165) is 10.9 Å². The number of carbonyl (C=O) groups is 1. The van der Waals surface area contributed by atoms with Crippen molar-refractivity contribution in [3.8, 4) is 0 Å². The number of benzene rings is 1. The summed E-state index contributed by atoms with van der Waals surface area (Å²) >= 11 is 4.70. The van der Waals surface area contributed by atoms with Crippen molar-refractivity contribution in [3.05, 3.63) is 44.9 Å². The zero-order valence-corrected chi connectivity index (χ0v) is 18.3. The average Bonchev–Trinajstić information content (AvgIpc) is 3.07. The second-order valence-corrected chi connectivity index (χ2v) is 8.42. The van der Waals surface area contributed by atoms with E-state index < -0.39 is 5.25 Å². The van der Waals surface area contributed by atoms with Gasteiger partial charge in [-0.25, -0.2) is 4.98 Å². The maximum absolute atomic E-state index is 13.0. The van der Waals surface area contributed by atoms with Crippen LogP contribution < -0.4 is 10.9 Å². The first kappa shape index (κ1) is 20.6. The van der Waals surface area contributed by atoms with Gasteiger partial charge < -0.3 is 9.84 Å². The molecule has 0 radical (unpaired) electrons. The van der Waals surface area contributed by atoms with E-state index in [0.29, 0.717) is 40.6 Å². The standard InChI is InChI=1S/C19H21BrN4O3S/c1-4-8-24-18(26)13-10-12(20)6-7-14(13)21-19(24)28-15(5-2)17(25)22-16-9-11(3)27-23-16/h6-7,9-10,15H,4-5,8H2,1-3H3,(H,22,23,25). The smallest absolute Gasteiger partial charge is 0.262 e. The Morgan fingerprint density at radius 2 is 2.14 bits per heavy atom. The predicted octanol–water partition coefficient (Wildman–Crippen LogP) is 4.37. The molecule has 0 fully saturated rings. The summed E-state index contributed by atoms with van der Waals surface area (Å²) in [6.45, 7) is 6.22. The van der Waals surface area contributed by atoms with E-state index in [-0.39, 0.29) is 11.5 Å². The van der Waals surface area contributed by atoms with Crippen LogP contribution in [0.15, 0.2) is 43.2 Å². The van der Waals surface area contributed by atoms with Crippen LogP contribution in [0, 0.1) is 6.92 Å². The molecule has 0 spiro atoms. The van der Waals surface area contributed by atoms with E-state index in [4.69, 9.17) is 4.52 Å². The molecule has 0 aliphatic heterocycles. The topological polar surface area (TPSA) is 90.0 Å². The van der Waals surface area contributed by atoms with Gasteiger partial charge >= 0.3 is 0 Å². The van der Waals surface area contributed by atoms with Crippen molar-refractivity contribution >= 4 is 50.3 Å². The van der Waals surface area contributed by atoms with Crippen LogP contribution in [0.5, 0.6) is 0 Å². The van der Waals surface area contributed by atoms with Crippen LogP contribution in [0.1, 0.15) is 32.4 Å². The number of aromatic nitrogens is 3. The number of anilines is 1. The molecule has 0 bridgehead atoms. The van der Waals surface area contributed by atoms with Crippen molar-refractivity contribution < 1.29 is 9.32 Å². The summed E-state index contributed by atoms with van der Waals surface area (Å²) in [6.07, 6.45) is 1.36. The Balaban J connectivity index is 1.94. The van der Waals surface area contributed by atoms with E-state index in [1.165, 1.54) is 11.8 Å². The maximum Gasteiger partial charge on any atom is 0.262 e. The van der Waals surface area contributed by atoms with Crippen molar-refractivity contribution in [1.82, 2.24) is 14.7 Å². The second-order valence-electron chi connectivity index (χ2n) is 6.34. The lowest BCUT2D eigenvalue weighted by molar-refractivity contribution is -0.115. The van der Waals surface area contributed by atoms with E-state index in [1.807, 2.05) is 19.9 Å². The minimum absolute atomic E-state index is 0.0990. The molecule has 0 aliphatic carbocycles. The zero-order valence-electron chi connectivity index (χ0n) is 15.9. The van der Waals surface area contributed by atoms with Gasteiger partial charge in [-0.05, 0) is 38.0 Å². The third kappa shape index (κ3) is 4.47. The molecule has 2 aromatic heterocycles. The van der Waals surface area contributed by atoms with E-state index in [2.05, 4.69) is 31.4 Å². The van der Waals surface area contributed by atoms with Crippen LogP contribution in [0.25, 0.3) is 10.9 Å². The van der Waals surface area contributed by atoms with Gasteiger partial charge in [0.15, 0.2) is 11.0 Å². The fourth-order valence-corrected chi connectivity index (χ4v) is 4.17. The Labute approximate surface area is 175 Å². The summed E-state index contributed by atoms with van der Waals surface area (Å²) in [7, 11) is 0. The van der Waals surface area contributed by atoms with Gasteiger partial charge in [0, 0.05) is 17.1 Å². The van der Waals surface area contributed by atoms with E-state index >= 15 is 0 Å². The Morgan fingerprint density at radius 1 is 1.36 bits per heavy atom. The summed E-state index contributed by atoms with van der Waals surface area (Å²) in [4.78, 5) is 30.3. The van der Waals surface area contributed by atoms with Crippen LogP contribution in [0.3, 0.4) is 0 Å². The largest absolute Gasteiger partial charge is 0.360 e. The lowest BCUT2D eigenvalue weighted by Crippen LogP contribution is -2.28.